The Morgan fingerprint density at radius 1 is 0.297 bits per heavy atom. The third kappa shape index (κ3) is 5.22. The normalized spacial score (nSPS) is 14.3. The molecule has 300 valence electrons. The Balaban J connectivity index is 1.21. The standard InChI is InChI=1S/C61H41N3/c1-6-22-42(23-7-1)62(43-24-8-2-9-25-43)47-38-56-60(59(39-47)63(44-26-10-3-11-27-44)45-28-12-4-13-29-45)50-34-17-20-36-54(50)61(56)53-35-19-16-32-48(53)51-40-52-49-33-18-21-37-57(49)64(58(52)41-55(51)61)46-30-14-5-15-31-46/h1-41H. The second kappa shape index (κ2) is 14.3. The molecule has 0 N–H and O–H groups in total. The molecule has 11 aromatic rings. The Hall–Kier alpha value is -8.40. The van der Waals surface area contributed by atoms with Crippen LogP contribution in [0, 0.1) is 0 Å². The molecule has 0 amide bonds. The molecule has 1 unspecified atom stereocenters. The van der Waals surface area contributed by atoms with Gasteiger partial charge in [0.15, 0.2) is 0 Å². The van der Waals surface area contributed by atoms with Gasteiger partial charge in [-0.2, -0.15) is 0 Å². The molecule has 3 heteroatoms. The summed E-state index contributed by atoms with van der Waals surface area (Å²) >= 11 is 0. The van der Waals surface area contributed by atoms with Crippen molar-refractivity contribution in [1.82, 2.24) is 4.57 Å². The van der Waals surface area contributed by atoms with Crippen molar-refractivity contribution in [2.75, 3.05) is 9.80 Å². The third-order valence-corrected chi connectivity index (χ3v) is 13.5. The Labute approximate surface area is 373 Å². The second-order valence-corrected chi connectivity index (χ2v) is 16.8. The monoisotopic (exact) mass is 815 g/mol. The molecule has 0 saturated carbocycles. The van der Waals surface area contributed by atoms with E-state index in [9.17, 15) is 0 Å². The van der Waals surface area contributed by atoms with Crippen molar-refractivity contribution in [3.63, 3.8) is 0 Å². The minimum atomic E-state index is -0.646. The molecule has 1 spiro atoms. The largest absolute Gasteiger partial charge is 0.310 e. The summed E-state index contributed by atoms with van der Waals surface area (Å²) in [7, 11) is 0. The highest BCUT2D eigenvalue weighted by atomic mass is 15.2. The molecule has 1 heterocycles. The molecule has 2 aliphatic carbocycles. The Morgan fingerprint density at radius 3 is 1.39 bits per heavy atom. The highest BCUT2D eigenvalue weighted by molar-refractivity contribution is 6.13. The first kappa shape index (κ1) is 36.3. The summed E-state index contributed by atoms with van der Waals surface area (Å²) < 4.78 is 2.46. The highest BCUT2D eigenvalue weighted by Gasteiger charge is 2.53. The van der Waals surface area contributed by atoms with E-state index in [0.29, 0.717) is 0 Å². The first-order valence-electron chi connectivity index (χ1n) is 22.1. The van der Waals surface area contributed by atoms with Gasteiger partial charge in [0.1, 0.15) is 0 Å². The van der Waals surface area contributed by atoms with Crippen LogP contribution < -0.4 is 9.80 Å². The second-order valence-electron chi connectivity index (χ2n) is 16.8. The minimum Gasteiger partial charge on any atom is -0.310 e. The SMILES string of the molecule is c1ccc(N(c2ccccc2)c2cc(N(c3ccccc3)c3ccccc3)c3c(c2)C2(c4ccccc4-c4cc5c6ccccc6n(-c6ccccc6)c5cc42)c2ccccc2-3)cc1. The van der Waals surface area contributed by atoms with Crippen LogP contribution >= 0.6 is 0 Å². The van der Waals surface area contributed by atoms with E-state index >= 15 is 0 Å². The van der Waals surface area contributed by atoms with Crippen LogP contribution in [0.5, 0.6) is 0 Å². The molecule has 1 aromatic heterocycles. The maximum atomic E-state index is 2.54. The molecule has 64 heavy (non-hydrogen) atoms. The van der Waals surface area contributed by atoms with Gasteiger partial charge in [-0.15, -0.1) is 0 Å². The van der Waals surface area contributed by atoms with Crippen LogP contribution in [0.3, 0.4) is 0 Å². The quantitative estimate of drug-likeness (QED) is 0.159. The van der Waals surface area contributed by atoms with E-state index in [1.54, 1.807) is 0 Å². The number of rotatable bonds is 7. The van der Waals surface area contributed by atoms with Crippen LogP contribution in [0.25, 0.3) is 49.7 Å². The number of para-hydroxylation sites is 6. The van der Waals surface area contributed by atoms with E-state index in [2.05, 4.69) is 263 Å². The van der Waals surface area contributed by atoms with Crippen molar-refractivity contribution in [3.05, 3.63) is 271 Å². The van der Waals surface area contributed by atoms with Crippen LogP contribution in [0.4, 0.5) is 34.1 Å². The average Bonchev–Trinajstić information content (AvgIpc) is 3.96. The van der Waals surface area contributed by atoms with E-state index < -0.39 is 5.41 Å². The molecule has 0 aliphatic heterocycles. The number of hydrogen-bond acceptors (Lipinski definition) is 2. The fourth-order valence-corrected chi connectivity index (χ4v) is 11.0. The molecule has 13 rings (SSSR count). The van der Waals surface area contributed by atoms with E-state index in [0.717, 1.165) is 39.8 Å². The number of benzene rings is 10. The smallest absolute Gasteiger partial charge is 0.0727 e. The van der Waals surface area contributed by atoms with Gasteiger partial charge in [-0.1, -0.05) is 158 Å². The molecule has 0 saturated heterocycles. The number of aromatic nitrogens is 1. The van der Waals surface area contributed by atoms with Gasteiger partial charge in [-0.25, -0.2) is 0 Å². The lowest BCUT2D eigenvalue weighted by Crippen LogP contribution is -2.26. The first-order chi connectivity index (χ1) is 31.8. The van der Waals surface area contributed by atoms with E-state index in [1.807, 2.05) is 0 Å². The number of hydrogen-bond donors (Lipinski definition) is 0. The summed E-state index contributed by atoms with van der Waals surface area (Å²) in [6, 6.07) is 91.4. The van der Waals surface area contributed by atoms with Crippen molar-refractivity contribution in [2.45, 2.75) is 5.41 Å². The van der Waals surface area contributed by atoms with Gasteiger partial charge in [0.2, 0.25) is 0 Å². The Kier molecular flexibility index (Phi) is 8.13. The summed E-state index contributed by atoms with van der Waals surface area (Å²) in [5.74, 6) is 0. The van der Waals surface area contributed by atoms with Gasteiger partial charge in [-0.05, 0) is 130 Å². The van der Waals surface area contributed by atoms with Crippen LogP contribution in [-0.2, 0) is 5.41 Å². The lowest BCUT2D eigenvalue weighted by Gasteiger charge is -2.34. The summed E-state index contributed by atoms with van der Waals surface area (Å²) in [5.41, 5.74) is 19.7. The predicted octanol–water partition coefficient (Wildman–Crippen LogP) is 16.1. The van der Waals surface area contributed by atoms with Crippen LogP contribution in [0.2, 0.25) is 0 Å². The number of nitrogens with zero attached hydrogens (tertiary/aromatic N) is 3. The summed E-state index contributed by atoms with van der Waals surface area (Å²) in [6.07, 6.45) is 0. The summed E-state index contributed by atoms with van der Waals surface area (Å²) in [4.78, 5) is 4.89. The van der Waals surface area contributed by atoms with E-state index in [1.165, 1.54) is 66.3 Å². The Morgan fingerprint density at radius 2 is 0.781 bits per heavy atom. The zero-order valence-corrected chi connectivity index (χ0v) is 35.0. The van der Waals surface area contributed by atoms with Crippen molar-refractivity contribution in [1.29, 1.82) is 0 Å². The summed E-state index contributed by atoms with van der Waals surface area (Å²) in [6.45, 7) is 0. The van der Waals surface area contributed by atoms with E-state index in [4.69, 9.17) is 0 Å². The lowest BCUT2D eigenvalue weighted by atomic mass is 9.70. The van der Waals surface area contributed by atoms with Gasteiger partial charge in [0.05, 0.1) is 22.1 Å². The van der Waals surface area contributed by atoms with Crippen molar-refractivity contribution < 1.29 is 0 Å². The molecule has 2 aliphatic rings. The van der Waals surface area contributed by atoms with Gasteiger partial charge >= 0.3 is 0 Å². The van der Waals surface area contributed by atoms with Crippen LogP contribution in [0.15, 0.2) is 249 Å². The molecule has 1 atom stereocenters. The van der Waals surface area contributed by atoms with Crippen molar-refractivity contribution in [2.24, 2.45) is 0 Å². The Bertz CT molecular complexity index is 3470. The molecular formula is C61H41N3. The fraction of sp³-hybridized carbons (Fsp3) is 0.0164. The maximum Gasteiger partial charge on any atom is 0.0727 e. The van der Waals surface area contributed by atoms with Crippen molar-refractivity contribution in [3.8, 4) is 27.9 Å². The van der Waals surface area contributed by atoms with Crippen LogP contribution in [-0.4, -0.2) is 4.57 Å². The maximum absolute atomic E-state index is 2.54. The molecule has 0 radical (unpaired) electrons. The molecule has 0 fully saturated rings. The predicted molar refractivity (Wildman–Crippen MR) is 266 cm³/mol. The number of fused-ring (bicyclic) bond motifs is 13. The first-order valence-corrected chi connectivity index (χ1v) is 22.1. The topological polar surface area (TPSA) is 11.4 Å². The number of anilines is 6. The van der Waals surface area contributed by atoms with Gasteiger partial charge in [-0.3, -0.25) is 0 Å². The lowest BCUT2D eigenvalue weighted by molar-refractivity contribution is 0.794. The van der Waals surface area contributed by atoms with Crippen molar-refractivity contribution >= 4 is 55.9 Å². The zero-order valence-electron chi connectivity index (χ0n) is 35.0. The highest BCUT2D eigenvalue weighted by Crippen LogP contribution is 2.66. The van der Waals surface area contributed by atoms with Gasteiger partial charge in [0.25, 0.3) is 0 Å². The molecule has 0 bridgehead atoms. The molecular weight excluding hydrogens is 775 g/mol. The zero-order chi connectivity index (χ0) is 42.2. The minimum absolute atomic E-state index is 0.646. The fourth-order valence-electron chi connectivity index (χ4n) is 11.0. The molecule has 10 aromatic carbocycles. The van der Waals surface area contributed by atoms with Gasteiger partial charge < -0.3 is 14.4 Å². The summed E-state index contributed by atoms with van der Waals surface area (Å²) in [5, 5.41) is 2.51. The van der Waals surface area contributed by atoms with E-state index in [-0.39, 0.29) is 0 Å². The van der Waals surface area contributed by atoms with Gasteiger partial charge in [0, 0.05) is 50.5 Å². The molecule has 3 nitrogen and oxygen atoms in total. The average molecular weight is 816 g/mol. The third-order valence-electron chi connectivity index (χ3n) is 13.5. The van der Waals surface area contributed by atoms with Crippen LogP contribution in [0.1, 0.15) is 22.3 Å².